The van der Waals surface area contributed by atoms with Gasteiger partial charge in [-0.3, -0.25) is 9.59 Å². The summed E-state index contributed by atoms with van der Waals surface area (Å²) in [4.78, 5) is 30.1. The van der Waals surface area contributed by atoms with E-state index in [1.54, 1.807) is 41.1 Å². The number of carbonyl (C=O) groups is 2. The van der Waals surface area contributed by atoms with Gasteiger partial charge in [0.25, 0.3) is 5.91 Å². The number of anilines is 1. The van der Waals surface area contributed by atoms with Crippen molar-refractivity contribution in [2.45, 2.75) is 6.92 Å². The maximum atomic E-state index is 12.8. The third kappa shape index (κ3) is 3.48. The Morgan fingerprint density at radius 2 is 1.71 bits per heavy atom. The zero-order valence-electron chi connectivity index (χ0n) is 15.7. The Morgan fingerprint density at radius 1 is 1.00 bits per heavy atom. The molecule has 1 aliphatic heterocycles. The molecule has 1 saturated heterocycles. The van der Waals surface area contributed by atoms with E-state index in [1.807, 2.05) is 31.2 Å². The quantitative estimate of drug-likeness (QED) is 0.694. The third-order valence-electron chi connectivity index (χ3n) is 4.75. The van der Waals surface area contributed by atoms with Gasteiger partial charge < -0.3 is 9.80 Å². The first-order valence-corrected chi connectivity index (χ1v) is 9.02. The SMILES string of the molecule is Cc1ccc(N2CCN(C(=O)c3ccc(-c4nnn(C)n4)cc3)CC2=O)cc1. The molecule has 2 aromatic carbocycles. The minimum atomic E-state index is -0.157. The van der Waals surface area contributed by atoms with Gasteiger partial charge in [-0.05, 0) is 36.4 Å². The van der Waals surface area contributed by atoms with Crippen molar-refractivity contribution in [1.29, 1.82) is 0 Å². The van der Waals surface area contributed by atoms with Crippen molar-refractivity contribution in [2.75, 3.05) is 24.5 Å². The van der Waals surface area contributed by atoms with E-state index in [0.29, 0.717) is 24.5 Å². The van der Waals surface area contributed by atoms with Crippen molar-refractivity contribution in [3.8, 4) is 11.4 Å². The third-order valence-corrected chi connectivity index (χ3v) is 4.75. The molecule has 28 heavy (non-hydrogen) atoms. The Kier molecular flexibility index (Phi) is 4.60. The maximum absolute atomic E-state index is 12.8. The summed E-state index contributed by atoms with van der Waals surface area (Å²) in [5.74, 6) is 0.266. The van der Waals surface area contributed by atoms with Crippen molar-refractivity contribution < 1.29 is 9.59 Å². The van der Waals surface area contributed by atoms with Gasteiger partial charge in [-0.2, -0.15) is 4.80 Å². The number of tetrazole rings is 1. The summed E-state index contributed by atoms with van der Waals surface area (Å²) in [7, 11) is 1.70. The monoisotopic (exact) mass is 376 g/mol. The standard InChI is InChI=1S/C20H20N6O2/c1-14-3-9-17(10-4-14)26-12-11-25(13-18(26)27)20(28)16-7-5-15(6-8-16)19-21-23-24(2)22-19/h3-10H,11-13H2,1-2H3. The molecule has 0 bridgehead atoms. The van der Waals surface area contributed by atoms with Crippen LogP contribution in [0.3, 0.4) is 0 Å². The number of benzene rings is 2. The molecule has 8 nitrogen and oxygen atoms in total. The Balaban J connectivity index is 1.44. The number of hydrogen-bond acceptors (Lipinski definition) is 5. The van der Waals surface area contributed by atoms with Gasteiger partial charge in [0.15, 0.2) is 0 Å². The fourth-order valence-electron chi connectivity index (χ4n) is 3.19. The molecule has 0 spiro atoms. The molecule has 3 aromatic rings. The number of hydrogen-bond donors (Lipinski definition) is 0. The van der Waals surface area contributed by atoms with Crippen LogP contribution in [0.25, 0.3) is 11.4 Å². The van der Waals surface area contributed by atoms with Crippen molar-refractivity contribution in [3.05, 3.63) is 59.7 Å². The zero-order valence-corrected chi connectivity index (χ0v) is 15.7. The number of aryl methyl sites for hydroxylation is 2. The van der Waals surface area contributed by atoms with Crippen LogP contribution in [0.2, 0.25) is 0 Å². The number of amides is 2. The number of aromatic nitrogens is 4. The van der Waals surface area contributed by atoms with Crippen LogP contribution in [-0.4, -0.2) is 56.6 Å². The van der Waals surface area contributed by atoms with Gasteiger partial charge in [0.2, 0.25) is 11.7 Å². The molecule has 0 N–H and O–H groups in total. The highest BCUT2D eigenvalue weighted by molar-refractivity contribution is 6.01. The summed E-state index contributed by atoms with van der Waals surface area (Å²) in [6.45, 7) is 3.05. The smallest absolute Gasteiger partial charge is 0.254 e. The molecule has 142 valence electrons. The molecular formula is C20H20N6O2. The molecule has 4 rings (SSSR count). The van der Waals surface area contributed by atoms with Gasteiger partial charge >= 0.3 is 0 Å². The van der Waals surface area contributed by atoms with Gasteiger partial charge in [0, 0.05) is 29.9 Å². The second-order valence-corrected chi connectivity index (χ2v) is 6.79. The molecule has 8 heteroatoms. The van der Waals surface area contributed by atoms with Crippen LogP contribution in [0.4, 0.5) is 5.69 Å². The molecular weight excluding hydrogens is 356 g/mol. The Hall–Kier alpha value is -3.55. The van der Waals surface area contributed by atoms with E-state index in [0.717, 1.165) is 16.8 Å². The normalized spacial score (nSPS) is 14.4. The Morgan fingerprint density at radius 3 is 2.32 bits per heavy atom. The number of piperazine rings is 1. The van der Waals surface area contributed by atoms with Crippen LogP contribution in [0, 0.1) is 6.92 Å². The Bertz CT molecular complexity index is 1010. The van der Waals surface area contributed by atoms with Crippen LogP contribution >= 0.6 is 0 Å². The van der Waals surface area contributed by atoms with E-state index in [-0.39, 0.29) is 18.4 Å². The number of nitrogens with zero attached hydrogens (tertiary/aromatic N) is 6. The first-order valence-electron chi connectivity index (χ1n) is 9.02. The van der Waals surface area contributed by atoms with E-state index in [4.69, 9.17) is 0 Å². The van der Waals surface area contributed by atoms with Gasteiger partial charge in [0.05, 0.1) is 7.05 Å². The average molecular weight is 376 g/mol. The molecule has 0 unspecified atom stereocenters. The lowest BCUT2D eigenvalue weighted by atomic mass is 10.1. The lowest BCUT2D eigenvalue weighted by Crippen LogP contribution is -2.52. The van der Waals surface area contributed by atoms with Gasteiger partial charge in [0.1, 0.15) is 6.54 Å². The van der Waals surface area contributed by atoms with Crippen molar-refractivity contribution >= 4 is 17.5 Å². The summed E-state index contributed by atoms with van der Waals surface area (Å²) in [6, 6.07) is 14.9. The van der Waals surface area contributed by atoms with Gasteiger partial charge in [-0.1, -0.05) is 29.8 Å². The fourth-order valence-corrected chi connectivity index (χ4v) is 3.19. The highest BCUT2D eigenvalue weighted by Crippen LogP contribution is 2.20. The minimum absolute atomic E-state index is 0.0696. The molecule has 1 fully saturated rings. The number of carbonyl (C=O) groups excluding carboxylic acids is 2. The first-order chi connectivity index (χ1) is 13.5. The van der Waals surface area contributed by atoms with Crippen LogP contribution in [-0.2, 0) is 11.8 Å². The van der Waals surface area contributed by atoms with Crippen molar-refractivity contribution in [2.24, 2.45) is 7.05 Å². The van der Waals surface area contributed by atoms with Crippen molar-refractivity contribution in [3.63, 3.8) is 0 Å². The second kappa shape index (κ2) is 7.22. The predicted octanol–water partition coefficient (Wildman–Crippen LogP) is 1.67. The highest BCUT2D eigenvalue weighted by Gasteiger charge is 2.28. The topological polar surface area (TPSA) is 84.2 Å². The molecule has 0 aliphatic carbocycles. The summed E-state index contributed by atoms with van der Waals surface area (Å²) < 4.78 is 0. The summed E-state index contributed by atoms with van der Waals surface area (Å²) in [5, 5.41) is 11.9. The van der Waals surface area contributed by atoms with E-state index in [9.17, 15) is 9.59 Å². The fraction of sp³-hybridized carbons (Fsp3) is 0.250. The summed E-state index contributed by atoms with van der Waals surface area (Å²) in [6.07, 6.45) is 0. The van der Waals surface area contributed by atoms with Gasteiger partial charge in [-0.15, -0.1) is 10.2 Å². The molecule has 0 atom stereocenters. The van der Waals surface area contributed by atoms with E-state index in [2.05, 4.69) is 15.4 Å². The number of rotatable bonds is 3. The Labute approximate surface area is 162 Å². The van der Waals surface area contributed by atoms with Gasteiger partial charge in [-0.25, -0.2) is 0 Å². The van der Waals surface area contributed by atoms with Crippen LogP contribution in [0.5, 0.6) is 0 Å². The lowest BCUT2D eigenvalue weighted by molar-refractivity contribution is -0.120. The largest absolute Gasteiger partial charge is 0.328 e. The second-order valence-electron chi connectivity index (χ2n) is 6.79. The zero-order chi connectivity index (χ0) is 19.7. The average Bonchev–Trinajstić information content (AvgIpc) is 3.15. The van der Waals surface area contributed by atoms with Crippen LogP contribution in [0.15, 0.2) is 48.5 Å². The van der Waals surface area contributed by atoms with E-state index < -0.39 is 0 Å². The minimum Gasteiger partial charge on any atom is -0.328 e. The molecule has 0 saturated carbocycles. The van der Waals surface area contributed by atoms with E-state index >= 15 is 0 Å². The van der Waals surface area contributed by atoms with E-state index in [1.165, 1.54) is 4.80 Å². The first kappa shape index (κ1) is 17.8. The summed E-state index contributed by atoms with van der Waals surface area (Å²) >= 11 is 0. The molecule has 2 amide bonds. The van der Waals surface area contributed by atoms with Crippen LogP contribution < -0.4 is 4.90 Å². The maximum Gasteiger partial charge on any atom is 0.254 e. The van der Waals surface area contributed by atoms with Crippen molar-refractivity contribution in [1.82, 2.24) is 25.1 Å². The molecule has 1 aromatic heterocycles. The summed E-state index contributed by atoms with van der Waals surface area (Å²) in [5.41, 5.74) is 3.32. The highest BCUT2D eigenvalue weighted by atomic mass is 16.2. The predicted molar refractivity (Wildman–Crippen MR) is 104 cm³/mol. The van der Waals surface area contributed by atoms with Crippen LogP contribution in [0.1, 0.15) is 15.9 Å². The molecule has 2 heterocycles. The molecule has 1 aliphatic rings. The molecule has 0 radical (unpaired) electrons. The lowest BCUT2D eigenvalue weighted by Gasteiger charge is -2.34.